The number of rotatable bonds is 3. The summed E-state index contributed by atoms with van der Waals surface area (Å²) < 4.78 is 0. The van der Waals surface area contributed by atoms with Crippen molar-refractivity contribution in [2.45, 2.75) is 39.2 Å². The highest BCUT2D eigenvalue weighted by molar-refractivity contribution is 7.13. The third-order valence-corrected chi connectivity index (χ3v) is 5.78. The van der Waals surface area contributed by atoms with E-state index in [-0.39, 0.29) is 6.04 Å². The SMILES string of the molecule is Cc1csc(N2CCN(C(C)C(=O)N3CCCCC3)CC2)n1. The van der Waals surface area contributed by atoms with E-state index < -0.39 is 0 Å². The molecule has 1 amide bonds. The second-order valence-electron chi connectivity index (χ2n) is 6.36. The van der Waals surface area contributed by atoms with Crippen LogP contribution in [0.2, 0.25) is 0 Å². The number of hydrogen-bond donors (Lipinski definition) is 0. The molecule has 2 saturated heterocycles. The molecule has 0 spiro atoms. The lowest BCUT2D eigenvalue weighted by Gasteiger charge is -2.39. The fourth-order valence-corrected chi connectivity index (χ4v) is 4.18. The van der Waals surface area contributed by atoms with Gasteiger partial charge in [-0.25, -0.2) is 4.98 Å². The molecule has 2 aliphatic heterocycles. The largest absolute Gasteiger partial charge is 0.346 e. The van der Waals surface area contributed by atoms with E-state index in [0.717, 1.165) is 62.9 Å². The number of carbonyl (C=O) groups is 1. The third kappa shape index (κ3) is 3.43. The predicted molar refractivity (Wildman–Crippen MR) is 90.5 cm³/mol. The summed E-state index contributed by atoms with van der Waals surface area (Å²) in [6.07, 6.45) is 3.59. The van der Waals surface area contributed by atoms with Crippen molar-refractivity contribution in [2.24, 2.45) is 0 Å². The van der Waals surface area contributed by atoms with Crippen LogP contribution in [0, 0.1) is 6.92 Å². The highest BCUT2D eigenvalue weighted by Crippen LogP contribution is 2.22. The molecule has 0 aliphatic carbocycles. The van der Waals surface area contributed by atoms with E-state index in [4.69, 9.17) is 0 Å². The number of amides is 1. The van der Waals surface area contributed by atoms with E-state index in [2.05, 4.69) is 32.0 Å². The zero-order valence-electron chi connectivity index (χ0n) is 13.6. The fourth-order valence-electron chi connectivity index (χ4n) is 3.32. The van der Waals surface area contributed by atoms with Gasteiger partial charge in [0.05, 0.1) is 11.7 Å². The summed E-state index contributed by atoms with van der Waals surface area (Å²) in [6.45, 7) is 9.81. The van der Waals surface area contributed by atoms with Crippen LogP contribution in [0.15, 0.2) is 5.38 Å². The topological polar surface area (TPSA) is 39.7 Å². The molecule has 1 atom stereocenters. The van der Waals surface area contributed by atoms with Crippen LogP contribution in [0.5, 0.6) is 0 Å². The Morgan fingerprint density at radius 2 is 1.82 bits per heavy atom. The first kappa shape index (κ1) is 15.7. The molecule has 122 valence electrons. The van der Waals surface area contributed by atoms with Crippen molar-refractivity contribution in [2.75, 3.05) is 44.2 Å². The average molecular weight is 322 g/mol. The van der Waals surface area contributed by atoms with Crippen LogP contribution in [0.4, 0.5) is 5.13 Å². The minimum atomic E-state index is 0.0123. The van der Waals surface area contributed by atoms with E-state index in [0.29, 0.717) is 5.91 Å². The first-order valence-electron chi connectivity index (χ1n) is 8.35. The molecule has 0 N–H and O–H groups in total. The van der Waals surface area contributed by atoms with Gasteiger partial charge in [0.2, 0.25) is 5.91 Å². The number of aromatic nitrogens is 1. The molecule has 22 heavy (non-hydrogen) atoms. The van der Waals surface area contributed by atoms with Crippen LogP contribution in [0.25, 0.3) is 0 Å². The quantitative estimate of drug-likeness (QED) is 0.853. The molecule has 2 aliphatic rings. The summed E-state index contributed by atoms with van der Waals surface area (Å²) in [5, 5.41) is 3.22. The zero-order valence-corrected chi connectivity index (χ0v) is 14.4. The molecule has 0 radical (unpaired) electrons. The fraction of sp³-hybridized carbons (Fsp3) is 0.750. The van der Waals surface area contributed by atoms with Gasteiger partial charge in [-0.15, -0.1) is 11.3 Å². The van der Waals surface area contributed by atoms with Crippen LogP contribution in [0.1, 0.15) is 31.9 Å². The van der Waals surface area contributed by atoms with Gasteiger partial charge in [-0.1, -0.05) is 0 Å². The van der Waals surface area contributed by atoms with E-state index >= 15 is 0 Å². The van der Waals surface area contributed by atoms with Crippen LogP contribution in [-0.4, -0.2) is 66.0 Å². The molecule has 1 aromatic rings. The molecule has 0 saturated carbocycles. The smallest absolute Gasteiger partial charge is 0.239 e. The molecule has 1 aromatic heterocycles. The van der Waals surface area contributed by atoms with Crippen molar-refractivity contribution >= 4 is 22.4 Å². The molecule has 6 heteroatoms. The van der Waals surface area contributed by atoms with Crippen molar-refractivity contribution in [1.82, 2.24) is 14.8 Å². The number of piperidine rings is 1. The minimum Gasteiger partial charge on any atom is -0.346 e. The highest BCUT2D eigenvalue weighted by atomic mass is 32.1. The van der Waals surface area contributed by atoms with Crippen LogP contribution < -0.4 is 4.90 Å². The Balaban J connectivity index is 1.53. The standard InChI is InChI=1S/C16H26N4OS/c1-13-12-22-16(17-13)20-10-8-18(9-11-20)14(2)15(21)19-6-4-3-5-7-19/h12,14H,3-11H2,1-2H3. The van der Waals surface area contributed by atoms with Crippen LogP contribution in [-0.2, 0) is 4.79 Å². The zero-order chi connectivity index (χ0) is 15.5. The van der Waals surface area contributed by atoms with Gasteiger partial charge in [0, 0.05) is 44.6 Å². The lowest BCUT2D eigenvalue weighted by atomic mass is 10.1. The number of hydrogen-bond acceptors (Lipinski definition) is 5. The Morgan fingerprint density at radius 1 is 1.14 bits per heavy atom. The highest BCUT2D eigenvalue weighted by Gasteiger charge is 2.29. The second kappa shape index (κ2) is 6.96. The van der Waals surface area contributed by atoms with Gasteiger partial charge in [0.15, 0.2) is 5.13 Å². The normalized spacial score (nSPS) is 21.9. The lowest BCUT2D eigenvalue weighted by molar-refractivity contribution is -0.137. The third-order valence-electron chi connectivity index (χ3n) is 4.76. The first-order chi connectivity index (χ1) is 10.6. The van der Waals surface area contributed by atoms with Gasteiger partial charge < -0.3 is 9.80 Å². The van der Waals surface area contributed by atoms with E-state index in [1.807, 2.05) is 6.92 Å². The Morgan fingerprint density at radius 3 is 2.41 bits per heavy atom. The number of likely N-dealkylation sites (tertiary alicyclic amines) is 1. The van der Waals surface area contributed by atoms with E-state index in [9.17, 15) is 4.79 Å². The van der Waals surface area contributed by atoms with Crippen molar-refractivity contribution < 1.29 is 4.79 Å². The molecule has 3 heterocycles. The monoisotopic (exact) mass is 322 g/mol. The molecule has 5 nitrogen and oxygen atoms in total. The van der Waals surface area contributed by atoms with Crippen molar-refractivity contribution in [3.05, 3.63) is 11.1 Å². The summed E-state index contributed by atoms with van der Waals surface area (Å²) in [5.41, 5.74) is 1.09. The Labute approximate surface area is 136 Å². The Hall–Kier alpha value is -1.14. The summed E-state index contributed by atoms with van der Waals surface area (Å²) in [6, 6.07) is 0.0123. The predicted octanol–water partition coefficient (Wildman–Crippen LogP) is 1.97. The number of anilines is 1. The maximum absolute atomic E-state index is 12.6. The molecule has 0 bridgehead atoms. The van der Waals surface area contributed by atoms with Gasteiger partial charge in [-0.05, 0) is 33.1 Å². The molecule has 1 unspecified atom stereocenters. The summed E-state index contributed by atoms with van der Waals surface area (Å²) in [7, 11) is 0. The van der Waals surface area contributed by atoms with Crippen molar-refractivity contribution in [3.8, 4) is 0 Å². The van der Waals surface area contributed by atoms with Crippen molar-refractivity contribution in [1.29, 1.82) is 0 Å². The average Bonchev–Trinajstić information content (AvgIpc) is 3.01. The first-order valence-corrected chi connectivity index (χ1v) is 9.23. The van der Waals surface area contributed by atoms with E-state index in [1.54, 1.807) is 11.3 Å². The number of aryl methyl sites for hydroxylation is 1. The number of carbonyl (C=O) groups excluding carboxylic acids is 1. The summed E-state index contributed by atoms with van der Waals surface area (Å²) in [4.78, 5) is 23.9. The van der Waals surface area contributed by atoms with Crippen molar-refractivity contribution in [3.63, 3.8) is 0 Å². The van der Waals surface area contributed by atoms with Gasteiger partial charge >= 0.3 is 0 Å². The van der Waals surface area contributed by atoms with Gasteiger partial charge in [0.1, 0.15) is 0 Å². The van der Waals surface area contributed by atoms with Crippen LogP contribution in [0.3, 0.4) is 0 Å². The minimum absolute atomic E-state index is 0.0123. The maximum Gasteiger partial charge on any atom is 0.239 e. The molecule has 3 rings (SSSR count). The second-order valence-corrected chi connectivity index (χ2v) is 7.19. The van der Waals surface area contributed by atoms with Crippen LogP contribution >= 0.6 is 11.3 Å². The number of nitrogens with zero attached hydrogens (tertiary/aromatic N) is 4. The Bertz CT molecular complexity index is 504. The molecular formula is C16H26N4OS. The number of thiazole rings is 1. The lowest BCUT2D eigenvalue weighted by Crippen LogP contribution is -2.55. The van der Waals surface area contributed by atoms with Gasteiger partial charge in [-0.3, -0.25) is 9.69 Å². The van der Waals surface area contributed by atoms with Gasteiger partial charge in [0.25, 0.3) is 0 Å². The Kier molecular flexibility index (Phi) is 4.98. The number of piperazine rings is 1. The molecule has 2 fully saturated rings. The maximum atomic E-state index is 12.6. The summed E-state index contributed by atoms with van der Waals surface area (Å²) >= 11 is 1.72. The summed E-state index contributed by atoms with van der Waals surface area (Å²) in [5.74, 6) is 0.318. The molecule has 0 aromatic carbocycles. The van der Waals surface area contributed by atoms with Gasteiger partial charge in [-0.2, -0.15) is 0 Å². The van der Waals surface area contributed by atoms with E-state index in [1.165, 1.54) is 6.42 Å². The molecular weight excluding hydrogens is 296 g/mol.